The second-order valence-corrected chi connectivity index (χ2v) is 11.9. The van der Waals surface area contributed by atoms with Crippen molar-refractivity contribution >= 4 is 21.8 Å². The largest absolute Gasteiger partial charge is 0.316 e. The lowest BCUT2D eigenvalue weighted by Gasteiger charge is -2.09. The summed E-state index contributed by atoms with van der Waals surface area (Å²) >= 11 is 0. The van der Waals surface area contributed by atoms with Crippen LogP contribution in [-0.2, 0) is 6.42 Å². The molecule has 0 atom stereocenters. The number of pyridine rings is 1. The quantitative estimate of drug-likeness (QED) is 0.192. The number of para-hydroxylation sites is 1. The number of hydrogen-bond donors (Lipinski definition) is 0. The van der Waals surface area contributed by atoms with Crippen LogP contribution < -0.4 is 0 Å². The first-order valence-electron chi connectivity index (χ1n) is 15.5. The SMILES string of the molecule is Cc1cn(-c2ccc(-c3ccc(Cc4ccc(-c5ccc(-n6cc(C)c7ccncc76)cc5)cc4)cc3)cc2)c2ccccc12. The van der Waals surface area contributed by atoms with Crippen molar-refractivity contribution in [1.82, 2.24) is 14.1 Å². The van der Waals surface area contributed by atoms with Gasteiger partial charge >= 0.3 is 0 Å². The van der Waals surface area contributed by atoms with Gasteiger partial charge in [-0.3, -0.25) is 4.98 Å². The molecule has 45 heavy (non-hydrogen) atoms. The number of fused-ring (bicyclic) bond motifs is 2. The summed E-state index contributed by atoms with van der Waals surface area (Å²) in [7, 11) is 0. The number of aromatic nitrogens is 3. The molecule has 3 heteroatoms. The van der Waals surface area contributed by atoms with Gasteiger partial charge in [-0.25, -0.2) is 0 Å². The molecular formula is C42H33N3. The van der Waals surface area contributed by atoms with Crippen LogP contribution in [0.5, 0.6) is 0 Å². The van der Waals surface area contributed by atoms with Crippen molar-refractivity contribution in [1.29, 1.82) is 0 Å². The van der Waals surface area contributed by atoms with E-state index in [1.54, 1.807) is 0 Å². The summed E-state index contributed by atoms with van der Waals surface area (Å²) < 4.78 is 4.50. The molecule has 0 amide bonds. The third-order valence-electron chi connectivity index (χ3n) is 8.99. The molecule has 3 aromatic heterocycles. The highest BCUT2D eigenvalue weighted by atomic mass is 15.0. The molecule has 0 N–H and O–H groups in total. The fraction of sp³-hybridized carbons (Fsp3) is 0.0714. The molecule has 0 aliphatic carbocycles. The van der Waals surface area contributed by atoms with Crippen LogP contribution in [0.4, 0.5) is 0 Å². The number of rotatable bonds is 6. The van der Waals surface area contributed by atoms with E-state index in [2.05, 4.69) is 168 Å². The number of hydrogen-bond acceptors (Lipinski definition) is 1. The Morgan fingerprint density at radius 1 is 0.467 bits per heavy atom. The van der Waals surface area contributed by atoms with E-state index in [0.717, 1.165) is 17.6 Å². The summed E-state index contributed by atoms with van der Waals surface area (Å²) in [5.74, 6) is 0. The Morgan fingerprint density at radius 2 is 0.911 bits per heavy atom. The Hall–Kier alpha value is -5.67. The molecule has 3 nitrogen and oxygen atoms in total. The topological polar surface area (TPSA) is 22.8 Å². The van der Waals surface area contributed by atoms with E-state index in [0.29, 0.717) is 0 Å². The lowest BCUT2D eigenvalue weighted by molar-refractivity contribution is 1.11. The molecule has 0 bridgehead atoms. The van der Waals surface area contributed by atoms with Crippen molar-refractivity contribution in [2.45, 2.75) is 20.3 Å². The van der Waals surface area contributed by atoms with Gasteiger partial charge in [-0.05, 0) is 101 Å². The summed E-state index contributed by atoms with van der Waals surface area (Å²) in [6, 6.07) is 46.2. The molecule has 8 aromatic rings. The molecule has 3 heterocycles. The minimum Gasteiger partial charge on any atom is -0.316 e. The standard InChI is InChI=1S/C42H33N3/c1-29-27-44(41-6-4-3-5-39(29)41)37-19-15-35(16-20-37)33-11-7-31(8-12-33)25-32-9-13-34(14-10-32)36-17-21-38(22-18-36)45-28-30(2)40-23-24-43-26-42(40)45/h3-24,26-28H,25H2,1-2H3. The molecule has 0 aliphatic rings. The number of benzene rings is 5. The highest BCUT2D eigenvalue weighted by Gasteiger charge is 2.09. The van der Waals surface area contributed by atoms with Crippen LogP contribution >= 0.6 is 0 Å². The lowest BCUT2D eigenvalue weighted by Crippen LogP contribution is -1.92. The molecule has 0 spiro atoms. The highest BCUT2D eigenvalue weighted by Crippen LogP contribution is 2.29. The van der Waals surface area contributed by atoms with Gasteiger partial charge < -0.3 is 9.13 Å². The van der Waals surface area contributed by atoms with Crippen LogP contribution in [0, 0.1) is 13.8 Å². The van der Waals surface area contributed by atoms with Gasteiger partial charge in [0.05, 0.1) is 17.2 Å². The maximum absolute atomic E-state index is 4.33. The van der Waals surface area contributed by atoms with Crippen molar-refractivity contribution in [2.75, 3.05) is 0 Å². The summed E-state index contributed by atoms with van der Waals surface area (Å²) in [4.78, 5) is 4.33. The Balaban J connectivity index is 0.947. The van der Waals surface area contributed by atoms with Crippen LogP contribution in [0.25, 0.3) is 55.4 Å². The van der Waals surface area contributed by atoms with Gasteiger partial charge in [0, 0.05) is 40.7 Å². The van der Waals surface area contributed by atoms with Crippen molar-refractivity contribution < 1.29 is 0 Å². The van der Waals surface area contributed by atoms with E-state index >= 15 is 0 Å². The van der Waals surface area contributed by atoms with E-state index < -0.39 is 0 Å². The fourth-order valence-electron chi connectivity index (χ4n) is 6.52. The molecule has 0 fully saturated rings. The zero-order chi connectivity index (χ0) is 30.3. The normalized spacial score (nSPS) is 11.4. The predicted molar refractivity (Wildman–Crippen MR) is 187 cm³/mol. The Kier molecular flexibility index (Phi) is 6.65. The van der Waals surface area contributed by atoms with Crippen LogP contribution in [0.3, 0.4) is 0 Å². The molecular weight excluding hydrogens is 546 g/mol. The highest BCUT2D eigenvalue weighted by molar-refractivity contribution is 5.86. The molecule has 0 radical (unpaired) electrons. The smallest absolute Gasteiger partial charge is 0.0715 e. The van der Waals surface area contributed by atoms with Crippen LogP contribution in [0.2, 0.25) is 0 Å². The van der Waals surface area contributed by atoms with Crippen LogP contribution in [0.15, 0.2) is 152 Å². The van der Waals surface area contributed by atoms with E-state index in [1.165, 1.54) is 66.5 Å². The second kappa shape index (κ2) is 11.1. The Morgan fingerprint density at radius 3 is 1.44 bits per heavy atom. The first-order chi connectivity index (χ1) is 22.1. The molecule has 0 aliphatic heterocycles. The van der Waals surface area contributed by atoms with Crippen molar-refractivity contribution in [3.8, 4) is 33.6 Å². The van der Waals surface area contributed by atoms with Gasteiger partial charge in [0.2, 0.25) is 0 Å². The summed E-state index contributed by atoms with van der Waals surface area (Å²) in [5, 5.41) is 2.54. The molecule has 0 unspecified atom stereocenters. The number of aryl methyl sites for hydroxylation is 2. The van der Waals surface area contributed by atoms with Crippen LogP contribution in [0.1, 0.15) is 22.3 Å². The fourth-order valence-corrected chi connectivity index (χ4v) is 6.52. The van der Waals surface area contributed by atoms with E-state index in [-0.39, 0.29) is 0 Å². The minimum absolute atomic E-state index is 0.909. The molecule has 8 rings (SSSR count). The average molecular weight is 580 g/mol. The molecule has 0 saturated heterocycles. The molecule has 0 saturated carbocycles. The van der Waals surface area contributed by atoms with Gasteiger partial charge in [0.25, 0.3) is 0 Å². The minimum atomic E-state index is 0.909. The lowest BCUT2D eigenvalue weighted by atomic mass is 9.98. The monoisotopic (exact) mass is 579 g/mol. The first kappa shape index (κ1) is 26.9. The maximum Gasteiger partial charge on any atom is 0.0715 e. The van der Waals surface area contributed by atoms with Gasteiger partial charge in [0.1, 0.15) is 0 Å². The molecule has 5 aromatic carbocycles. The van der Waals surface area contributed by atoms with E-state index in [1.807, 2.05) is 12.4 Å². The van der Waals surface area contributed by atoms with E-state index in [4.69, 9.17) is 0 Å². The average Bonchev–Trinajstić information content (AvgIpc) is 3.62. The zero-order valence-electron chi connectivity index (χ0n) is 25.5. The van der Waals surface area contributed by atoms with Crippen LogP contribution in [-0.4, -0.2) is 14.1 Å². The predicted octanol–water partition coefficient (Wildman–Crippen LogP) is 10.5. The summed E-state index contributed by atoms with van der Waals surface area (Å²) in [6.45, 7) is 4.32. The van der Waals surface area contributed by atoms with Crippen molar-refractivity contribution in [3.63, 3.8) is 0 Å². The summed E-state index contributed by atoms with van der Waals surface area (Å²) in [6.07, 6.45) is 9.11. The van der Waals surface area contributed by atoms with E-state index in [9.17, 15) is 0 Å². The third-order valence-corrected chi connectivity index (χ3v) is 8.99. The van der Waals surface area contributed by atoms with Crippen molar-refractivity contribution in [3.05, 3.63) is 174 Å². The maximum atomic E-state index is 4.33. The van der Waals surface area contributed by atoms with Gasteiger partial charge in [-0.1, -0.05) is 91.0 Å². The van der Waals surface area contributed by atoms with Gasteiger partial charge in [0.15, 0.2) is 0 Å². The molecule has 216 valence electrons. The first-order valence-corrected chi connectivity index (χ1v) is 15.5. The third kappa shape index (κ3) is 5.03. The van der Waals surface area contributed by atoms with Gasteiger partial charge in [-0.2, -0.15) is 0 Å². The van der Waals surface area contributed by atoms with Gasteiger partial charge in [-0.15, -0.1) is 0 Å². The number of nitrogens with zero attached hydrogens (tertiary/aromatic N) is 3. The zero-order valence-corrected chi connectivity index (χ0v) is 25.5. The van der Waals surface area contributed by atoms with Crippen molar-refractivity contribution in [2.24, 2.45) is 0 Å². The summed E-state index contributed by atoms with van der Waals surface area (Å²) in [5.41, 5.74) is 14.8. The Bertz CT molecular complexity index is 2100. The Labute approximate surface area is 263 Å². The second-order valence-electron chi connectivity index (χ2n) is 11.9.